The number of hydrogen-bond donors (Lipinski definition) is 2. The minimum absolute atomic E-state index is 0.0529. The van der Waals surface area contributed by atoms with Crippen LogP contribution in [-0.4, -0.2) is 43.2 Å². The number of nitrogen functional groups attached to an aromatic ring is 1. The van der Waals surface area contributed by atoms with Crippen molar-refractivity contribution in [1.82, 2.24) is 10.3 Å². The molecule has 7 heteroatoms. The molecule has 1 amide bonds. The van der Waals surface area contributed by atoms with E-state index >= 15 is 4.39 Å². The number of carbonyl (C=O) groups excluding carboxylic acids is 1. The fourth-order valence-electron chi connectivity index (χ4n) is 4.95. The third kappa shape index (κ3) is 4.48. The average Bonchev–Trinajstić information content (AvgIpc) is 2.85. The molecule has 3 N–H and O–H groups in total. The molecule has 0 radical (unpaired) electrons. The number of morpholine rings is 1. The fourth-order valence-corrected chi connectivity index (χ4v) is 4.95. The van der Waals surface area contributed by atoms with Crippen molar-refractivity contribution < 1.29 is 13.9 Å². The smallest absolute Gasteiger partial charge is 0.251 e. The molecule has 35 heavy (non-hydrogen) atoms. The van der Waals surface area contributed by atoms with Crippen molar-refractivity contribution >= 4 is 17.4 Å². The van der Waals surface area contributed by atoms with Crippen LogP contribution < -0.4 is 16.0 Å². The van der Waals surface area contributed by atoms with Gasteiger partial charge in [-0.15, -0.1) is 0 Å². The van der Waals surface area contributed by atoms with Gasteiger partial charge in [0.05, 0.1) is 12.7 Å². The van der Waals surface area contributed by atoms with Gasteiger partial charge in [0, 0.05) is 53.8 Å². The number of nitrogens with zero attached hydrogens (tertiary/aromatic N) is 2. The van der Waals surface area contributed by atoms with Crippen molar-refractivity contribution in [3.63, 3.8) is 0 Å². The molecule has 2 aromatic carbocycles. The normalized spacial score (nSPS) is 17.9. The second kappa shape index (κ2) is 9.30. The lowest BCUT2D eigenvalue weighted by molar-refractivity contribution is 0.0114. The van der Waals surface area contributed by atoms with Gasteiger partial charge in [0.1, 0.15) is 11.6 Å². The Morgan fingerprint density at radius 3 is 2.74 bits per heavy atom. The minimum atomic E-state index is -0.300. The number of aryl methyl sites for hydroxylation is 1. The number of ether oxygens (including phenoxy) is 1. The number of fused-ring (bicyclic) bond motifs is 1. The molecule has 5 rings (SSSR count). The maximum Gasteiger partial charge on any atom is 0.251 e. The molecule has 0 saturated carbocycles. The summed E-state index contributed by atoms with van der Waals surface area (Å²) in [6.07, 6.45) is 2.51. The van der Waals surface area contributed by atoms with Crippen molar-refractivity contribution in [2.75, 3.05) is 36.9 Å². The number of amides is 1. The number of nitrogens with one attached hydrogen (secondary N) is 1. The molecule has 1 atom stereocenters. The first-order chi connectivity index (χ1) is 16.8. The highest BCUT2D eigenvalue weighted by Gasteiger charge is 2.24. The Bertz CT molecular complexity index is 1290. The number of rotatable bonds is 4. The molecule has 0 bridgehead atoms. The van der Waals surface area contributed by atoms with Crippen molar-refractivity contribution in [2.24, 2.45) is 5.92 Å². The second-order valence-corrected chi connectivity index (χ2v) is 9.75. The molecule has 1 fully saturated rings. The minimum Gasteiger partial charge on any atom is -0.383 e. The van der Waals surface area contributed by atoms with Crippen LogP contribution in [0, 0.1) is 18.7 Å². The first-order valence-electron chi connectivity index (χ1n) is 12.2. The lowest BCUT2D eigenvalue weighted by Crippen LogP contribution is -2.44. The molecule has 182 valence electrons. The van der Waals surface area contributed by atoms with E-state index in [9.17, 15) is 4.79 Å². The summed E-state index contributed by atoms with van der Waals surface area (Å²) in [4.78, 5) is 18.8. The highest BCUT2D eigenvalue weighted by molar-refractivity contribution is 5.98. The van der Waals surface area contributed by atoms with Crippen LogP contribution in [0.25, 0.3) is 22.3 Å². The third-order valence-electron chi connectivity index (χ3n) is 7.05. The molecular weight excluding hydrogens is 443 g/mol. The van der Waals surface area contributed by atoms with Crippen LogP contribution in [0.4, 0.5) is 15.9 Å². The van der Waals surface area contributed by atoms with Crippen molar-refractivity contribution in [1.29, 1.82) is 0 Å². The molecule has 2 aliphatic rings. The van der Waals surface area contributed by atoms with Crippen LogP contribution in [0.2, 0.25) is 0 Å². The van der Waals surface area contributed by atoms with Crippen molar-refractivity contribution in [3.05, 3.63) is 65.1 Å². The fraction of sp³-hybridized carbons (Fsp3) is 0.357. The van der Waals surface area contributed by atoms with Gasteiger partial charge in [0.25, 0.3) is 5.91 Å². The van der Waals surface area contributed by atoms with Gasteiger partial charge in [-0.25, -0.2) is 9.37 Å². The van der Waals surface area contributed by atoms with E-state index in [0.29, 0.717) is 41.6 Å². The molecule has 0 spiro atoms. The average molecular weight is 475 g/mol. The maximum absolute atomic E-state index is 15.4. The monoisotopic (exact) mass is 474 g/mol. The zero-order valence-corrected chi connectivity index (χ0v) is 20.4. The highest BCUT2D eigenvalue weighted by Crippen LogP contribution is 2.35. The van der Waals surface area contributed by atoms with Crippen molar-refractivity contribution in [2.45, 2.75) is 33.3 Å². The molecule has 3 aromatic rings. The van der Waals surface area contributed by atoms with E-state index in [1.54, 1.807) is 12.3 Å². The van der Waals surface area contributed by atoms with Crippen molar-refractivity contribution in [3.8, 4) is 22.3 Å². The van der Waals surface area contributed by atoms with E-state index in [1.807, 2.05) is 37.3 Å². The van der Waals surface area contributed by atoms with Gasteiger partial charge < -0.3 is 20.7 Å². The van der Waals surface area contributed by atoms with Gasteiger partial charge in [0.2, 0.25) is 0 Å². The molecule has 2 aliphatic heterocycles. The standard InChI is InChI=1S/C28H31FN4O2/c1-16(2)26-15-33(8-9-35-26)20-4-5-21(25(29)13-20)19-12-24(27(30)32-14-19)22-11-18-6-7-31-28(34)23(18)10-17(22)3/h4-5,10-14,16,26H,6-9,15H2,1-3H3,(H2,30,32)(H,31,34)/t26-/m0/s1. The number of anilines is 2. The molecule has 0 aliphatic carbocycles. The van der Waals surface area contributed by atoms with Gasteiger partial charge in [-0.05, 0) is 72.4 Å². The lowest BCUT2D eigenvalue weighted by Gasteiger charge is -2.36. The Morgan fingerprint density at radius 2 is 1.97 bits per heavy atom. The van der Waals surface area contributed by atoms with Crippen LogP contribution in [0.15, 0.2) is 42.6 Å². The number of nitrogens with two attached hydrogens (primary N) is 1. The second-order valence-electron chi connectivity index (χ2n) is 9.75. The number of aromatic nitrogens is 1. The Balaban J connectivity index is 1.48. The first-order valence-corrected chi connectivity index (χ1v) is 12.2. The van der Waals surface area contributed by atoms with Crippen LogP contribution in [0.5, 0.6) is 0 Å². The van der Waals surface area contributed by atoms with E-state index in [-0.39, 0.29) is 17.8 Å². The van der Waals surface area contributed by atoms with Crippen LogP contribution in [-0.2, 0) is 11.2 Å². The van der Waals surface area contributed by atoms with Crippen LogP contribution in [0.1, 0.15) is 35.3 Å². The van der Waals surface area contributed by atoms with Crippen LogP contribution in [0.3, 0.4) is 0 Å². The van der Waals surface area contributed by atoms with E-state index in [4.69, 9.17) is 10.5 Å². The highest BCUT2D eigenvalue weighted by atomic mass is 19.1. The SMILES string of the molecule is Cc1cc2c(cc1-c1cc(-c3ccc(N4CCO[C@H](C(C)C)C4)cc3F)cnc1N)CCNC2=O. The van der Waals surface area contributed by atoms with E-state index in [2.05, 4.69) is 29.0 Å². The maximum atomic E-state index is 15.4. The van der Waals surface area contributed by atoms with Gasteiger partial charge in [-0.1, -0.05) is 13.8 Å². The summed E-state index contributed by atoms with van der Waals surface area (Å²) in [5.41, 5.74) is 12.5. The number of pyridine rings is 1. The molecular formula is C28H31FN4O2. The summed E-state index contributed by atoms with van der Waals surface area (Å²) in [6, 6.07) is 11.2. The Kier molecular flexibility index (Phi) is 6.19. The summed E-state index contributed by atoms with van der Waals surface area (Å²) in [7, 11) is 0. The number of hydrogen-bond acceptors (Lipinski definition) is 5. The summed E-state index contributed by atoms with van der Waals surface area (Å²) in [6.45, 7) is 8.97. The quantitative estimate of drug-likeness (QED) is 0.578. The van der Waals surface area contributed by atoms with Gasteiger partial charge >= 0.3 is 0 Å². The number of halogens is 1. The van der Waals surface area contributed by atoms with E-state index in [0.717, 1.165) is 47.5 Å². The van der Waals surface area contributed by atoms with Gasteiger partial charge in [-0.3, -0.25) is 4.79 Å². The Labute approximate surface area is 205 Å². The zero-order chi connectivity index (χ0) is 24.7. The summed E-state index contributed by atoms with van der Waals surface area (Å²) in [5, 5.41) is 2.88. The number of benzene rings is 2. The molecule has 3 heterocycles. The number of carbonyl (C=O) groups is 1. The molecule has 0 unspecified atom stereocenters. The zero-order valence-electron chi connectivity index (χ0n) is 20.4. The molecule has 6 nitrogen and oxygen atoms in total. The third-order valence-corrected chi connectivity index (χ3v) is 7.05. The van der Waals surface area contributed by atoms with Gasteiger partial charge in [0.15, 0.2) is 0 Å². The topological polar surface area (TPSA) is 80.5 Å². The summed E-state index contributed by atoms with van der Waals surface area (Å²) in [5.74, 6) is 0.430. The Morgan fingerprint density at radius 1 is 1.14 bits per heavy atom. The molecule has 1 saturated heterocycles. The summed E-state index contributed by atoms with van der Waals surface area (Å²) >= 11 is 0. The predicted molar refractivity (Wildman–Crippen MR) is 137 cm³/mol. The molecule has 1 aromatic heterocycles. The largest absolute Gasteiger partial charge is 0.383 e. The predicted octanol–water partition coefficient (Wildman–Crippen LogP) is 4.59. The van der Waals surface area contributed by atoms with Gasteiger partial charge in [-0.2, -0.15) is 0 Å². The van der Waals surface area contributed by atoms with Crippen LogP contribution >= 0.6 is 0 Å². The van der Waals surface area contributed by atoms with E-state index in [1.165, 1.54) is 0 Å². The Hall–Kier alpha value is -3.45. The first kappa shape index (κ1) is 23.3. The lowest BCUT2D eigenvalue weighted by atomic mass is 9.90. The summed E-state index contributed by atoms with van der Waals surface area (Å²) < 4.78 is 21.2. The van der Waals surface area contributed by atoms with E-state index < -0.39 is 0 Å².